The molecule has 18 aromatic rings. The van der Waals surface area contributed by atoms with Gasteiger partial charge in [-0.3, -0.25) is 0 Å². The largest absolute Gasteiger partial charge is 0.311 e. The zero-order valence-electron chi connectivity index (χ0n) is 74.5. The van der Waals surface area contributed by atoms with Crippen LogP contribution in [0, 0.1) is 11.3 Å². The SMILES string of the molecule is [2H]c1c([2H])c([2H])c(-c2ccc(N3c4cc(-n5c6c([2H])c([2H])c([2H])c([2H])c6c6c([2H])c(C#N)c([2H])c([2H])c65)ccc4B4c5ccc(-n6c7ccccc7c7cc(C(C)(C)C)cc(C(C)(C)C)c76)cc5N(c5c(-c6ccccc6)cccc5-c5ccccc5)c5cc(-c6cccc7c6C(c6ccccc6)(c6ccccc6)c6ccccc6-7)cc3c54)cc2)c([2H])c1[2H]. The number of rotatable bonds is 10. The molecule has 6 heteroatoms. The van der Waals surface area contributed by atoms with Crippen molar-refractivity contribution in [2.75, 3.05) is 9.80 Å². The van der Waals surface area contributed by atoms with Gasteiger partial charge in [-0.1, -0.05) is 320 Å². The number of para-hydroxylation sites is 3. The maximum Gasteiger partial charge on any atom is 0.252 e. The molecule has 530 valence electrons. The van der Waals surface area contributed by atoms with Gasteiger partial charge in [-0.05, 0) is 190 Å². The molecule has 0 spiro atoms. The average Bonchev–Trinajstić information content (AvgIpc) is 1.17. The molecule has 16 aromatic carbocycles. The van der Waals surface area contributed by atoms with Gasteiger partial charge in [0.2, 0.25) is 0 Å². The highest BCUT2D eigenvalue weighted by Gasteiger charge is 2.50. The van der Waals surface area contributed by atoms with Gasteiger partial charge in [0.15, 0.2) is 0 Å². The Hall–Kier alpha value is -13.7. The Morgan fingerprint density at radius 2 is 0.911 bits per heavy atom. The van der Waals surface area contributed by atoms with E-state index in [4.69, 9.17) is 5.48 Å². The summed E-state index contributed by atoms with van der Waals surface area (Å²) in [5.74, 6) is 0. The first-order valence-electron chi connectivity index (χ1n) is 44.2. The topological polar surface area (TPSA) is 40.1 Å². The molecular formula is C106H78BN5. The fourth-order valence-corrected chi connectivity index (χ4v) is 18.5. The number of fused-ring (bicyclic) bond motifs is 13. The van der Waals surface area contributed by atoms with Gasteiger partial charge < -0.3 is 18.9 Å². The molecule has 0 bridgehead atoms. The fourth-order valence-electron chi connectivity index (χ4n) is 18.5. The van der Waals surface area contributed by atoms with Crippen LogP contribution in [0.25, 0.3) is 111 Å². The van der Waals surface area contributed by atoms with Gasteiger partial charge in [-0.15, -0.1) is 0 Å². The van der Waals surface area contributed by atoms with Crippen LogP contribution in [0.5, 0.6) is 0 Å². The predicted octanol–water partition coefficient (Wildman–Crippen LogP) is 25.5. The molecule has 1 aliphatic carbocycles. The fraction of sp³-hybridized carbons (Fsp3) is 0.0849. The lowest BCUT2D eigenvalue weighted by Crippen LogP contribution is -2.61. The van der Waals surface area contributed by atoms with Crippen molar-refractivity contribution < 1.29 is 16.4 Å². The van der Waals surface area contributed by atoms with Gasteiger partial charge in [0.1, 0.15) is 0 Å². The lowest BCUT2D eigenvalue weighted by molar-refractivity contribution is 0.572. The molecule has 0 saturated heterocycles. The van der Waals surface area contributed by atoms with E-state index in [0.717, 1.165) is 128 Å². The van der Waals surface area contributed by atoms with E-state index in [-0.39, 0.29) is 50.3 Å². The van der Waals surface area contributed by atoms with E-state index in [9.17, 15) is 16.2 Å². The van der Waals surface area contributed by atoms with E-state index in [1.54, 1.807) is 16.7 Å². The Labute approximate surface area is 671 Å². The summed E-state index contributed by atoms with van der Waals surface area (Å²) in [6.45, 7) is 13.1. The Morgan fingerprint density at radius 3 is 1.56 bits per heavy atom. The molecule has 4 heterocycles. The molecule has 2 aromatic heterocycles. The van der Waals surface area contributed by atoms with Crippen molar-refractivity contribution >= 4 is 101 Å². The molecule has 0 N–H and O–H groups in total. The molecule has 5 nitrogen and oxygen atoms in total. The summed E-state index contributed by atoms with van der Waals surface area (Å²) >= 11 is 0. The highest BCUT2D eigenvalue weighted by Crippen LogP contribution is 2.60. The van der Waals surface area contributed by atoms with Gasteiger partial charge in [-0.25, -0.2) is 0 Å². The van der Waals surface area contributed by atoms with Crippen molar-refractivity contribution in [2.45, 2.75) is 57.8 Å². The quantitative estimate of drug-likeness (QED) is 0.128. The van der Waals surface area contributed by atoms with Crippen LogP contribution < -0.4 is 26.2 Å². The zero-order valence-corrected chi connectivity index (χ0v) is 62.5. The third-order valence-corrected chi connectivity index (χ3v) is 23.4. The van der Waals surface area contributed by atoms with Gasteiger partial charge in [0, 0.05) is 72.5 Å². The summed E-state index contributed by atoms with van der Waals surface area (Å²) in [5.41, 5.74) is 23.3. The minimum Gasteiger partial charge on any atom is -0.311 e. The van der Waals surface area contributed by atoms with Crippen LogP contribution >= 0.6 is 0 Å². The molecule has 0 atom stereocenters. The molecule has 0 amide bonds. The van der Waals surface area contributed by atoms with Gasteiger partial charge in [0.25, 0.3) is 6.71 Å². The number of hydrogen-bond donors (Lipinski definition) is 0. The molecule has 21 rings (SSSR count). The summed E-state index contributed by atoms with van der Waals surface area (Å²) in [6.07, 6.45) is 0. The first kappa shape index (κ1) is 54.8. The third-order valence-electron chi connectivity index (χ3n) is 23.4. The second kappa shape index (κ2) is 25.4. The van der Waals surface area contributed by atoms with Crippen molar-refractivity contribution in [3.05, 3.63) is 403 Å². The first-order chi connectivity index (χ1) is 59.8. The van der Waals surface area contributed by atoms with Crippen molar-refractivity contribution in [1.82, 2.24) is 9.13 Å². The van der Waals surface area contributed by atoms with Crippen molar-refractivity contribution in [3.63, 3.8) is 0 Å². The molecule has 0 unspecified atom stereocenters. The number of nitrogens with zero attached hydrogens (tertiary/aromatic N) is 5. The predicted molar refractivity (Wildman–Crippen MR) is 470 cm³/mol. The minimum atomic E-state index is -0.926. The van der Waals surface area contributed by atoms with Crippen molar-refractivity contribution in [2.24, 2.45) is 0 Å². The van der Waals surface area contributed by atoms with E-state index in [0.29, 0.717) is 28.3 Å². The number of benzene rings is 16. The van der Waals surface area contributed by atoms with E-state index < -0.39 is 78.1 Å². The van der Waals surface area contributed by atoms with Crippen LogP contribution in [-0.4, -0.2) is 15.8 Å². The summed E-state index contributed by atoms with van der Waals surface area (Å²) < 4.78 is 116. The normalized spacial score (nSPS) is 14.8. The number of anilines is 6. The second-order valence-electron chi connectivity index (χ2n) is 31.7. The third kappa shape index (κ3) is 10.1. The number of hydrogen-bond acceptors (Lipinski definition) is 3. The van der Waals surface area contributed by atoms with Crippen LogP contribution in [0.2, 0.25) is 0 Å². The lowest BCUT2D eigenvalue weighted by atomic mass is 9.33. The van der Waals surface area contributed by atoms with Gasteiger partial charge in [0.05, 0.1) is 61.3 Å². The molecule has 0 saturated carbocycles. The molecule has 0 fully saturated rings. The van der Waals surface area contributed by atoms with E-state index in [2.05, 4.69) is 299 Å². The summed E-state index contributed by atoms with van der Waals surface area (Å²) in [5, 5.41) is 12.8. The molecule has 3 aliphatic rings. The Bertz CT molecular complexity index is 7550. The van der Waals surface area contributed by atoms with Crippen LogP contribution in [-0.2, 0) is 16.2 Å². The second-order valence-corrected chi connectivity index (χ2v) is 31.7. The highest BCUT2D eigenvalue weighted by atomic mass is 15.2. The van der Waals surface area contributed by atoms with Gasteiger partial charge in [-0.2, -0.15) is 5.26 Å². The molecular weight excluding hydrogens is 1350 g/mol. The summed E-state index contributed by atoms with van der Waals surface area (Å²) in [7, 11) is 0. The Morgan fingerprint density at radius 1 is 0.366 bits per heavy atom. The lowest BCUT2D eigenvalue weighted by Gasteiger charge is -2.45. The maximum atomic E-state index is 10.7. The Kier molecular flexibility index (Phi) is 12.4. The smallest absolute Gasteiger partial charge is 0.252 e. The van der Waals surface area contributed by atoms with Crippen molar-refractivity contribution in [1.29, 1.82) is 5.26 Å². The standard InChI is InChI=1S/C106H78BN5/c1-104(2,3)76-63-88-85-42-24-27-49-94(85)111(103(88)90(64-76)105(4,5)6)79-56-58-92-97(66-79)112(102-81(71-32-14-8-15-33-71)44-29-45-82(102)72-34-16-9-17-35-72)99-62-73(80-43-28-46-86-83-40-22-25-47-89(83)106(100(80)86,74-36-18-10-19-37-74)75-38-20-11-21-39-75)61-98-101(99)107(92)91-57-55-78(110-93-48-26-23-41-84(93)87-60-68(67-108)50-59-95(87)110)65-96(91)109(98)77-53-51-70(52-54-77)69-30-12-7-13-31-69/h7-66H,1-6H3/i7D,12D,13D,23D,26D,30D,31D,41D,48D,50D,59D,60D. The van der Waals surface area contributed by atoms with Crippen LogP contribution in [0.1, 0.15) is 96.9 Å². The Balaban J connectivity index is 0.961. The van der Waals surface area contributed by atoms with Crippen molar-refractivity contribution in [3.8, 4) is 73.1 Å². The maximum absolute atomic E-state index is 10.7. The van der Waals surface area contributed by atoms with Crippen LogP contribution in [0.15, 0.2) is 364 Å². The van der Waals surface area contributed by atoms with E-state index >= 15 is 0 Å². The minimum absolute atomic E-state index is 0.0184. The molecule has 0 radical (unpaired) electrons. The van der Waals surface area contributed by atoms with Crippen LogP contribution in [0.3, 0.4) is 0 Å². The zero-order chi connectivity index (χ0) is 85.7. The average molecular weight is 1440 g/mol. The van der Waals surface area contributed by atoms with E-state index in [1.165, 1.54) is 11.1 Å². The number of aromatic nitrogens is 2. The molecule has 2 aliphatic heterocycles. The summed E-state index contributed by atoms with van der Waals surface area (Å²) in [6, 6.07) is 99.3. The first-order valence-corrected chi connectivity index (χ1v) is 38.2. The molecule has 112 heavy (non-hydrogen) atoms. The van der Waals surface area contributed by atoms with Gasteiger partial charge >= 0.3 is 0 Å². The highest BCUT2D eigenvalue weighted by molar-refractivity contribution is 7.00. The monoisotopic (exact) mass is 1440 g/mol. The van der Waals surface area contributed by atoms with Crippen LogP contribution in [0.4, 0.5) is 34.1 Å². The number of nitriles is 1. The van der Waals surface area contributed by atoms with E-state index in [1.807, 2.05) is 42.5 Å². The summed E-state index contributed by atoms with van der Waals surface area (Å²) in [4.78, 5) is 4.72.